The van der Waals surface area contributed by atoms with Crippen molar-refractivity contribution in [3.8, 4) is 5.75 Å². The van der Waals surface area contributed by atoms with Crippen molar-refractivity contribution in [2.24, 2.45) is 5.10 Å². The van der Waals surface area contributed by atoms with E-state index < -0.39 is 0 Å². The van der Waals surface area contributed by atoms with Crippen molar-refractivity contribution in [2.75, 3.05) is 0 Å². The molecule has 92 valence electrons. The molecule has 0 unspecified atom stereocenters. The Morgan fingerprint density at radius 2 is 2.28 bits per heavy atom. The first-order valence-electron chi connectivity index (χ1n) is 5.02. The monoisotopic (exact) mass is 280 g/mol. The number of amides is 1. The van der Waals surface area contributed by atoms with E-state index in [-0.39, 0.29) is 11.7 Å². The first-order chi connectivity index (χ1) is 8.66. The van der Waals surface area contributed by atoms with Gasteiger partial charge in [0.1, 0.15) is 5.75 Å². The molecule has 1 amide bonds. The molecule has 0 aliphatic heterocycles. The summed E-state index contributed by atoms with van der Waals surface area (Å²) in [6.07, 6.45) is 1.34. The van der Waals surface area contributed by atoms with Crippen LogP contribution in [-0.4, -0.2) is 17.2 Å². The molecule has 0 atom stereocenters. The van der Waals surface area contributed by atoms with Crippen molar-refractivity contribution in [3.05, 3.63) is 51.2 Å². The number of halogens is 1. The minimum atomic E-state index is -0.289. The van der Waals surface area contributed by atoms with Crippen LogP contribution < -0.4 is 5.43 Å². The maximum Gasteiger partial charge on any atom is 0.281 e. The molecule has 0 aliphatic carbocycles. The molecule has 2 aromatic rings. The smallest absolute Gasteiger partial charge is 0.281 e. The Bertz CT molecular complexity index is 582. The number of nitrogens with zero attached hydrogens (tertiary/aromatic N) is 1. The molecule has 1 aromatic carbocycles. The third kappa shape index (κ3) is 3.09. The molecule has 6 heteroatoms. The summed E-state index contributed by atoms with van der Waals surface area (Å²) in [6.45, 7) is 0. The number of thiophene rings is 1. The molecule has 0 saturated carbocycles. The highest BCUT2D eigenvalue weighted by Gasteiger charge is 2.04. The van der Waals surface area contributed by atoms with Gasteiger partial charge >= 0.3 is 0 Å². The number of hydrogen-bond acceptors (Lipinski definition) is 4. The van der Waals surface area contributed by atoms with Gasteiger partial charge in [0.05, 0.1) is 11.1 Å². The van der Waals surface area contributed by atoms with Gasteiger partial charge in [-0.1, -0.05) is 17.7 Å². The molecule has 0 spiro atoms. The highest BCUT2D eigenvalue weighted by molar-refractivity contribution is 7.12. The number of rotatable bonds is 3. The number of aromatic hydroxyl groups is 1. The minimum Gasteiger partial charge on any atom is -0.507 e. The van der Waals surface area contributed by atoms with Crippen LogP contribution in [0.3, 0.4) is 0 Å². The topological polar surface area (TPSA) is 61.7 Å². The second-order valence-corrected chi connectivity index (χ2v) is 4.76. The highest BCUT2D eigenvalue weighted by atomic mass is 35.5. The number of phenolic OH excluding ortho intramolecular Hbond substituents is 1. The molecular formula is C12H9ClN2O2S. The molecule has 0 saturated heterocycles. The minimum absolute atomic E-state index is 0.0496. The molecule has 0 aliphatic rings. The zero-order chi connectivity index (χ0) is 13.0. The lowest BCUT2D eigenvalue weighted by atomic mass is 10.2. The number of nitrogens with one attached hydrogen (secondary N) is 1. The van der Waals surface area contributed by atoms with Crippen molar-refractivity contribution in [3.63, 3.8) is 0 Å². The summed E-state index contributed by atoms with van der Waals surface area (Å²) in [5, 5.41) is 15.6. The number of hydrazone groups is 1. The molecule has 0 radical (unpaired) electrons. The van der Waals surface area contributed by atoms with Crippen LogP contribution >= 0.6 is 22.9 Å². The number of carbonyl (C=O) groups excluding carboxylic acids is 1. The summed E-state index contributed by atoms with van der Waals surface area (Å²) in [4.78, 5) is 12.1. The van der Waals surface area contributed by atoms with Gasteiger partial charge in [-0.2, -0.15) is 5.10 Å². The number of benzene rings is 1. The van der Waals surface area contributed by atoms with E-state index in [4.69, 9.17) is 11.6 Å². The van der Waals surface area contributed by atoms with E-state index in [1.165, 1.54) is 23.6 Å². The Morgan fingerprint density at radius 1 is 1.44 bits per heavy atom. The third-order valence-electron chi connectivity index (χ3n) is 2.10. The second-order valence-electron chi connectivity index (χ2n) is 3.38. The van der Waals surface area contributed by atoms with E-state index in [0.717, 1.165) is 0 Å². The lowest BCUT2D eigenvalue weighted by Crippen LogP contribution is -2.16. The molecule has 18 heavy (non-hydrogen) atoms. The fourth-order valence-electron chi connectivity index (χ4n) is 1.25. The normalized spacial score (nSPS) is 10.7. The van der Waals surface area contributed by atoms with Gasteiger partial charge in [0.25, 0.3) is 5.91 Å². The van der Waals surface area contributed by atoms with E-state index >= 15 is 0 Å². The van der Waals surface area contributed by atoms with Crippen LogP contribution in [-0.2, 0) is 0 Å². The predicted molar refractivity (Wildman–Crippen MR) is 72.5 cm³/mol. The quantitative estimate of drug-likeness (QED) is 0.671. The summed E-state index contributed by atoms with van der Waals surface area (Å²) in [5.41, 5.74) is 2.81. The van der Waals surface area contributed by atoms with Gasteiger partial charge in [0.2, 0.25) is 0 Å². The summed E-state index contributed by atoms with van der Waals surface area (Å²) in [7, 11) is 0. The predicted octanol–water partition coefficient (Wildman–Crippen LogP) is 2.87. The van der Waals surface area contributed by atoms with Crippen LogP contribution in [0.15, 0.2) is 40.8 Å². The summed E-state index contributed by atoms with van der Waals surface area (Å²) in [5.74, 6) is -0.240. The largest absolute Gasteiger partial charge is 0.507 e. The summed E-state index contributed by atoms with van der Waals surface area (Å²) >= 11 is 7.11. The lowest BCUT2D eigenvalue weighted by molar-refractivity contribution is 0.0959. The number of carbonyl (C=O) groups is 1. The summed E-state index contributed by atoms with van der Waals surface area (Å²) < 4.78 is 0. The van der Waals surface area contributed by atoms with Gasteiger partial charge in [-0.3, -0.25) is 4.79 Å². The average Bonchev–Trinajstić information content (AvgIpc) is 2.87. The van der Waals surface area contributed by atoms with E-state index in [1.807, 2.05) is 0 Å². The fourth-order valence-corrected chi connectivity index (χ4v) is 2.05. The van der Waals surface area contributed by atoms with Crippen molar-refractivity contribution >= 4 is 35.1 Å². The van der Waals surface area contributed by atoms with Gasteiger partial charge in [0, 0.05) is 10.6 Å². The Hall–Kier alpha value is -1.85. The van der Waals surface area contributed by atoms with Gasteiger partial charge in [0.15, 0.2) is 0 Å². The Morgan fingerprint density at radius 3 is 3.00 bits per heavy atom. The van der Waals surface area contributed by atoms with Gasteiger partial charge in [-0.05, 0) is 29.6 Å². The lowest BCUT2D eigenvalue weighted by Gasteiger charge is -1.99. The Kier molecular flexibility index (Phi) is 3.96. The molecule has 4 nitrogen and oxygen atoms in total. The van der Waals surface area contributed by atoms with Crippen molar-refractivity contribution < 1.29 is 9.90 Å². The zero-order valence-electron chi connectivity index (χ0n) is 9.13. The maximum absolute atomic E-state index is 11.5. The molecule has 0 fully saturated rings. The first kappa shape index (κ1) is 12.6. The average molecular weight is 281 g/mol. The fraction of sp³-hybridized carbons (Fsp3) is 0. The number of hydrogen-bond donors (Lipinski definition) is 2. The van der Waals surface area contributed by atoms with Crippen LogP contribution in [0.2, 0.25) is 5.02 Å². The molecule has 1 heterocycles. The SMILES string of the molecule is O=C(N/N=C/c1cc(Cl)ccc1O)c1cccs1. The Labute approximate surface area is 113 Å². The van der Waals surface area contributed by atoms with Crippen LogP contribution in [0.25, 0.3) is 0 Å². The van der Waals surface area contributed by atoms with E-state index in [9.17, 15) is 9.90 Å². The molecule has 2 N–H and O–H groups in total. The van der Waals surface area contributed by atoms with Crippen LogP contribution in [0.1, 0.15) is 15.2 Å². The van der Waals surface area contributed by atoms with Crippen LogP contribution in [0.5, 0.6) is 5.75 Å². The second kappa shape index (κ2) is 5.66. The maximum atomic E-state index is 11.5. The first-order valence-corrected chi connectivity index (χ1v) is 6.28. The van der Waals surface area contributed by atoms with E-state index in [0.29, 0.717) is 15.5 Å². The highest BCUT2D eigenvalue weighted by Crippen LogP contribution is 2.19. The van der Waals surface area contributed by atoms with Gasteiger partial charge < -0.3 is 5.11 Å². The zero-order valence-corrected chi connectivity index (χ0v) is 10.7. The van der Waals surface area contributed by atoms with Crippen LogP contribution in [0.4, 0.5) is 0 Å². The molecule has 0 bridgehead atoms. The third-order valence-corrected chi connectivity index (χ3v) is 3.21. The standard InChI is InChI=1S/C12H9ClN2O2S/c13-9-3-4-10(16)8(6-9)7-14-15-12(17)11-2-1-5-18-11/h1-7,16H,(H,15,17)/b14-7+. The molecule has 2 rings (SSSR count). The van der Waals surface area contributed by atoms with Gasteiger partial charge in [-0.15, -0.1) is 11.3 Å². The van der Waals surface area contributed by atoms with Crippen LogP contribution in [0, 0.1) is 0 Å². The van der Waals surface area contributed by atoms with E-state index in [1.54, 1.807) is 29.6 Å². The van der Waals surface area contributed by atoms with Crippen molar-refractivity contribution in [1.29, 1.82) is 0 Å². The molecule has 1 aromatic heterocycles. The van der Waals surface area contributed by atoms with Crippen molar-refractivity contribution in [1.82, 2.24) is 5.43 Å². The number of phenols is 1. The Balaban J connectivity index is 2.03. The van der Waals surface area contributed by atoms with Gasteiger partial charge in [-0.25, -0.2) is 5.43 Å². The van der Waals surface area contributed by atoms with Crippen molar-refractivity contribution in [2.45, 2.75) is 0 Å². The van der Waals surface area contributed by atoms with E-state index in [2.05, 4.69) is 10.5 Å². The molecular weight excluding hydrogens is 272 g/mol. The summed E-state index contributed by atoms with van der Waals surface area (Å²) in [6, 6.07) is 8.07.